The van der Waals surface area contributed by atoms with Gasteiger partial charge in [0.2, 0.25) is 0 Å². The van der Waals surface area contributed by atoms with Gasteiger partial charge in [0.25, 0.3) is 0 Å². The first-order chi connectivity index (χ1) is 12.8. The monoisotopic (exact) mass is 349 g/mol. The third-order valence-electron chi connectivity index (χ3n) is 5.15. The Labute approximate surface area is 152 Å². The maximum atomic E-state index is 5.81. The molecular weight excluding hydrogens is 326 g/mol. The molecular formula is C20H23N5O. The third-order valence-corrected chi connectivity index (χ3v) is 5.15. The predicted molar refractivity (Wildman–Crippen MR) is 99.1 cm³/mol. The van der Waals surface area contributed by atoms with Crippen molar-refractivity contribution in [3.05, 3.63) is 53.5 Å². The summed E-state index contributed by atoms with van der Waals surface area (Å²) < 4.78 is 10.1. The number of hydrogen-bond donors (Lipinski definition) is 1. The molecule has 1 N–H and O–H groups in total. The topological polar surface area (TPSA) is 56.9 Å². The van der Waals surface area contributed by atoms with Gasteiger partial charge in [-0.2, -0.15) is 5.10 Å². The molecule has 26 heavy (non-hydrogen) atoms. The van der Waals surface area contributed by atoms with Gasteiger partial charge in [-0.15, -0.1) is 0 Å². The van der Waals surface area contributed by atoms with Gasteiger partial charge < -0.3 is 14.6 Å². The first-order valence-corrected chi connectivity index (χ1v) is 9.34. The highest BCUT2D eigenvalue weighted by Crippen LogP contribution is 2.30. The van der Waals surface area contributed by atoms with E-state index in [1.54, 1.807) is 0 Å². The number of nitrogens with one attached hydrogen (secondary N) is 1. The standard InChI is InChI=1S/C20H23N5O/c1-14-9-16-10-15(3-4-19(16)26-14)13-24-8-6-22-20(24)18-11-17-12-21-5-2-7-25(17)23-18/h3-4,6,8,10-11,14,21H,2,5,7,9,12-13H2,1H3. The molecule has 0 bridgehead atoms. The van der Waals surface area contributed by atoms with E-state index in [1.807, 2.05) is 12.4 Å². The van der Waals surface area contributed by atoms with E-state index in [1.165, 1.54) is 16.8 Å². The molecule has 4 heterocycles. The number of rotatable bonds is 3. The molecule has 0 saturated heterocycles. The lowest BCUT2D eigenvalue weighted by atomic mass is 10.1. The zero-order valence-electron chi connectivity index (χ0n) is 15.0. The largest absolute Gasteiger partial charge is 0.490 e. The number of benzene rings is 1. The van der Waals surface area contributed by atoms with Crippen LogP contribution in [0, 0.1) is 0 Å². The van der Waals surface area contributed by atoms with Crippen molar-refractivity contribution in [2.75, 3.05) is 6.54 Å². The lowest BCUT2D eigenvalue weighted by Crippen LogP contribution is -2.11. The van der Waals surface area contributed by atoms with Gasteiger partial charge >= 0.3 is 0 Å². The number of imidazole rings is 1. The van der Waals surface area contributed by atoms with Crippen molar-refractivity contribution in [3.8, 4) is 17.3 Å². The molecule has 1 atom stereocenters. The molecule has 0 radical (unpaired) electrons. The zero-order valence-corrected chi connectivity index (χ0v) is 15.0. The molecule has 5 rings (SSSR count). The van der Waals surface area contributed by atoms with Crippen LogP contribution in [0.15, 0.2) is 36.7 Å². The molecule has 6 nitrogen and oxygen atoms in total. The molecule has 134 valence electrons. The van der Waals surface area contributed by atoms with E-state index in [0.29, 0.717) is 0 Å². The number of ether oxygens (including phenoxy) is 1. The van der Waals surface area contributed by atoms with Crippen LogP contribution in [0.25, 0.3) is 11.5 Å². The van der Waals surface area contributed by atoms with Crippen LogP contribution >= 0.6 is 0 Å². The number of aryl methyl sites for hydroxylation is 1. The van der Waals surface area contributed by atoms with E-state index >= 15 is 0 Å². The normalized spacial score (nSPS) is 18.9. The smallest absolute Gasteiger partial charge is 0.160 e. The maximum absolute atomic E-state index is 5.81. The van der Waals surface area contributed by atoms with E-state index in [0.717, 1.165) is 56.3 Å². The van der Waals surface area contributed by atoms with Gasteiger partial charge in [-0.3, -0.25) is 4.68 Å². The van der Waals surface area contributed by atoms with Gasteiger partial charge in [0.05, 0.1) is 5.69 Å². The van der Waals surface area contributed by atoms with Gasteiger partial charge in [-0.1, -0.05) is 12.1 Å². The second-order valence-electron chi connectivity index (χ2n) is 7.23. The molecule has 2 aliphatic heterocycles. The van der Waals surface area contributed by atoms with Crippen LogP contribution in [0.3, 0.4) is 0 Å². The van der Waals surface area contributed by atoms with Crippen LogP contribution in [0.5, 0.6) is 5.75 Å². The van der Waals surface area contributed by atoms with E-state index < -0.39 is 0 Å². The molecule has 0 spiro atoms. The van der Waals surface area contributed by atoms with E-state index in [2.05, 4.69) is 50.7 Å². The number of aromatic nitrogens is 4. The highest BCUT2D eigenvalue weighted by atomic mass is 16.5. The SMILES string of the molecule is CC1Cc2cc(Cn3ccnc3-c3cc4n(n3)CCCNC4)ccc2O1. The average Bonchev–Trinajstić information content (AvgIpc) is 3.29. The molecule has 0 fully saturated rings. The lowest BCUT2D eigenvalue weighted by molar-refractivity contribution is 0.254. The molecule has 3 aromatic rings. The highest BCUT2D eigenvalue weighted by Gasteiger charge is 2.20. The van der Waals surface area contributed by atoms with Gasteiger partial charge in [0, 0.05) is 38.4 Å². The summed E-state index contributed by atoms with van der Waals surface area (Å²) in [5, 5.41) is 8.24. The molecule has 2 aromatic heterocycles. The summed E-state index contributed by atoms with van der Waals surface area (Å²) in [6, 6.07) is 8.66. The average molecular weight is 349 g/mol. The van der Waals surface area contributed by atoms with Crippen molar-refractivity contribution in [2.45, 2.75) is 45.5 Å². The fourth-order valence-corrected chi connectivity index (χ4v) is 3.91. The first kappa shape index (κ1) is 15.6. The van der Waals surface area contributed by atoms with Crippen LogP contribution < -0.4 is 10.1 Å². The summed E-state index contributed by atoms with van der Waals surface area (Å²) in [5.74, 6) is 1.95. The molecule has 2 aliphatic rings. The number of hydrogen-bond acceptors (Lipinski definition) is 4. The Morgan fingerprint density at radius 1 is 1.31 bits per heavy atom. The highest BCUT2D eigenvalue weighted by molar-refractivity contribution is 5.51. The minimum atomic E-state index is 0.276. The minimum absolute atomic E-state index is 0.276. The van der Waals surface area contributed by atoms with Crippen LogP contribution in [0.2, 0.25) is 0 Å². The van der Waals surface area contributed by atoms with Crippen molar-refractivity contribution in [3.63, 3.8) is 0 Å². The fourth-order valence-electron chi connectivity index (χ4n) is 3.91. The fraction of sp³-hybridized carbons (Fsp3) is 0.400. The Morgan fingerprint density at radius 3 is 3.23 bits per heavy atom. The predicted octanol–water partition coefficient (Wildman–Crippen LogP) is 2.61. The Morgan fingerprint density at radius 2 is 2.27 bits per heavy atom. The van der Waals surface area contributed by atoms with Gasteiger partial charge in [-0.05, 0) is 43.1 Å². The van der Waals surface area contributed by atoms with Crippen molar-refractivity contribution >= 4 is 0 Å². The van der Waals surface area contributed by atoms with E-state index in [-0.39, 0.29) is 6.10 Å². The summed E-state index contributed by atoms with van der Waals surface area (Å²) >= 11 is 0. The van der Waals surface area contributed by atoms with Crippen LogP contribution in [-0.4, -0.2) is 32.0 Å². The Balaban J connectivity index is 1.43. The van der Waals surface area contributed by atoms with Crippen molar-refractivity contribution < 1.29 is 4.74 Å². The first-order valence-electron chi connectivity index (χ1n) is 9.34. The number of fused-ring (bicyclic) bond motifs is 2. The molecule has 0 saturated carbocycles. The van der Waals surface area contributed by atoms with Crippen molar-refractivity contribution in [1.29, 1.82) is 0 Å². The molecule has 1 unspecified atom stereocenters. The Kier molecular flexibility index (Phi) is 3.78. The summed E-state index contributed by atoms with van der Waals surface area (Å²) in [6.07, 6.45) is 6.26. The molecule has 0 amide bonds. The van der Waals surface area contributed by atoms with E-state index in [4.69, 9.17) is 9.84 Å². The van der Waals surface area contributed by atoms with Crippen molar-refractivity contribution in [2.24, 2.45) is 0 Å². The second-order valence-corrected chi connectivity index (χ2v) is 7.23. The molecule has 6 heteroatoms. The third kappa shape index (κ3) is 2.80. The Bertz CT molecular complexity index is 918. The summed E-state index contributed by atoms with van der Waals surface area (Å²) in [4.78, 5) is 4.58. The van der Waals surface area contributed by atoms with E-state index in [9.17, 15) is 0 Å². The zero-order chi connectivity index (χ0) is 17.5. The van der Waals surface area contributed by atoms with Crippen LogP contribution in [0.4, 0.5) is 0 Å². The molecule has 1 aromatic carbocycles. The summed E-state index contributed by atoms with van der Waals surface area (Å²) in [7, 11) is 0. The van der Waals surface area contributed by atoms with Crippen LogP contribution in [0.1, 0.15) is 30.2 Å². The summed E-state index contributed by atoms with van der Waals surface area (Å²) in [5.41, 5.74) is 4.75. The lowest BCUT2D eigenvalue weighted by Gasteiger charge is -2.08. The Hall–Kier alpha value is -2.60. The maximum Gasteiger partial charge on any atom is 0.160 e. The van der Waals surface area contributed by atoms with Gasteiger partial charge in [0.15, 0.2) is 5.82 Å². The minimum Gasteiger partial charge on any atom is -0.490 e. The summed E-state index contributed by atoms with van der Waals surface area (Å²) in [6.45, 7) is 5.79. The van der Waals surface area contributed by atoms with Gasteiger partial charge in [-0.25, -0.2) is 4.98 Å². The van der Waals surface area contributed by atoms with Crippen LogP contribution in [-0.2, 0) is 26.1 Å². The van der Waals surface area contributed by atoms with Crippen molar-refractivity contribution in [1.82, 2.24) is 24.6 Å². The number of nitrogens with zero attached hydrogens (tertiary/aromatic N) is 4. The second kappa shape index (κ2) is 6.29. The quantitative estimate of drug-likeness (QED) is 0.790. The van der Waals surface area contributed by atoms with Gasteiger partial charge in [0.1, 0.15) is 17.5 Å². The molecule has 0 aliphatic carbocycles.